The summed E-state index contributed by atoms with van der Waals surface area (Å²) in [5.41, 5.74) is 22.6. The average molecular weight is 802 g/mol. The van der Waals surface area contributed by atoms with Crippen LogP contribution in [0.3, 0.4) is 0 Å². The van der Waals surface area contributed by atoms with Gasteiger partial charge in [-0.05, 0) is 71.3 Å². The molecule has 0 radical (unpaired) electrons. The molecule has 3 fully saturated rings. The standard InChI is InChI=1S/C32H55N11O9S2/c1-17(44)24-28(48)39-20(7-2-3-11-33)29(49)43-14-6-10-23(43)30(50)42-13-5-9-22(42)27(47)38-19(8-4-12-37-32(35)36)26(46)40-21(31(51)52)16-54-53-15-18(34)25(45)41-24/h17-24,44H,2-16,33-34H2,1H3,(H,38,47)(H,39,48)(H,40,46)(H,41,45)(H,51,52)(H4,35,36,37). The molecule has 3 heterocycles. The summed E-state index contributed by atoms with van der Waals surface area (Å²) in [5, 5.41) is 30.6. The maximum Gasteiger partial charge on any atom is 0.327 e. The van der Waals surface area contributed by atoms with E-state index in [-0.39, 0.29) is 56.4 Å². The summed E-state index contributed by atoms with van der Waals surface area (Å²) in [5.74, 6) is -5.66. The Bertz CT molecular complexity index is 1390. The molecule has 0 spiro atoms. The summed E-state index contributed by atoms with van der Waals surface area (Å²) in [4.78, 5) is 101. The van der Waals surface area contributed by atoms with Gasteiger partial charge in [-0.15, -0.1) is 0 Å². The van der Waals surface area contributed by atoms with Crippen molar-refractivity contribution in [2.24, 2.45) is 27.9 Å². The zero-order chi connectivity index (χ0) is 39.9. The molecule has 20 nitrogen and oxygen atoms in total. The first kappa shape index (κ1) is 44.5. The largest absolute Gasteiger partial charge is 0.480 e. The third kappa shape index (κ3) is 12.9. The van der Waals surface area contributed by atoms with Gasteiger partial charge in [-0.2, -0.15) is 0 Å². The smallest absolute Gasteiger partial charge is 0.327 e. The first-order valence-corrected chi connectivity index (χ1v) is 20.6. The van der Waals surface area contributed by atoms with Gasteiger partial charge in [0.25, 0.3) is 0 Å². The van der Waals surface area contributed by atoms with E-state index >= 15 is 0 Å². The molecule has 0 aromatic carbocycles. The highest BCUT2D eigenvalue weighted by atomic mass is 33.1. The molecule has 54 heavy (non-hydrogen) atoms. The van der Waals surface area contributed by atoms with E-state index in [1.54, 1.807) is 0 Å². The molecule has 0 aromatic rings. The van der Waals surface area contributed by atoms with Crippen LogP contribution in [0.1, 0.15) is 64.7 Å². The quantitative estimate of drug-likeness (QED) is 0.0440. The molecule has 14 N–H and O–H groups in total. The van der Waals surface area contributed by atoms with Crippen LogP contribution >= 0.6 is 21.6 Å². The van der Waals surface area contributed by atoms with E-state index in [0.717, 1.165) is 21.6 Å². The molecular formula is C32H55N11O9S2. The van der Waals surface area contributed by atoms with Crippen LogP contribution in [0.25, 0.3) is 0 Å². The number of carboxylic acid groups (broad SMARTS) is 1. The lowest BCUT2D eigenvalue weighted by Crippen LogP contribution is -2.60. The van der Waals surface area contributed by atoms with Crippen LogP contribution in [0.2, 0.25) is 0 Å². The number of unbranched alkanes of at least 4 members (excludes halogenated alkanes) is 1. The number of fused-ring (bicyclic) bond motifs is 2. The van der Waals surface area contributed by atoms with Gasteiger partial charge in [0.1, 0.15) is 36.3 Å². The lowest BCUT2D eigenvalue weighted by Gasteiger charge is -2.34. The van der Waals surface area contributed by atoms with Crippen molar-refractivity contribution >= 4 is 69.0 Å². The first-order valence-electron chi connectivity index (χ1n) is 18.1. The Morgan fingerprint density at radius 2 is 1.43 bits per heavy atom. The number of hydrogen-bond donors (Lipinski definition) is 10. The maximum absolute atomic E-state index is 14.1. The number of carboxylic acids is 1. The van der Waals surface area contributed by atoms with Gasteiger partial charge in [0, 0.05) is 31.1 Å². The van der Waals surface area contributed by atoms with E-state index in [4.69, 9.17) is 22.9 Å². The van der Waals surface area contributed by atoms with Crippen molar-refractivity contribution in [1.82, 2.24) is 31.1 Å². The Kier molecular flexibility index (Phi) is 18.0. The third-order valence-corrected chi connectivity index (χ3v) is 11.8. The summed E-state index contributed by atoms with van der Waals surface area (Å²) in [7, 11) is 2.08. The number of nitrogens with zero attached hydrogens (tertiary/aromatic N) is 3. The minimum absolute atomic E-state index is 0.0309. The van der Waals surface area contributed by atoms with E-state index in [1.165, 1.54) is 16.7 Å². The number of rotatable bonds is 10. The van der Waals surface area contributed by atoms with Crippen LogP contribution in [-0.2, 0) is 33.6 Å². The van der Waals surface area contributed by atoms with E-state index in [0.29, 0.717) is 45.1 Å². The number of aliphatic carboxylic acids is 1. The Morgan fingerprint density at radius 1 is 0.815 bits per heavy atom. The second-order valence-electron chi connectivity index (χ2n) is 13.5. The number of guanidine groups is 1. The Labute approximate surface area is 321 Å². The van der Waals surface area contributed by atoms with Crippen molar-refractivity contribution in [3.8, 4) is 0 Å². The molecule has 3 rings (SSSR count). The molecule has 3 aliphatic rings. The van der Waals surface area contributed by atoms with Gasteiger partial charge in [0.05, 0.1) is 12.1 Å². The number of carbonyl (C=O) groups is 7. The molecule has 22 heteroatoms. The molecule has 0 aromatic heterocycles. The van der Waals surface area contributed by atoms with Crippen molar-refractivity contribution in [3.05, 3.63) is 0 Å². The van der Waals surface area contributed by atoms with E-state index in [2.05, 4.69) is 26.3 Å². The highest BCUT2D eigenvalue weighted by molar-refractivity contribution is 8.76. The number of amides is 6. The molecule has 0 aliphatic carbocycles. The zero-order valence-electron chi connectivity index (χ0n) is 30.4. The lowest BCUT2D eigenvalue weighted by molar-refractivity contribution is -0.148. The zero-order valence-corrected chi connectivity index (χ0v) is 32.1. The summed E-state index contributed by atoms with van der Waals surface area (Å²) in [6.45, 7) is 2.21. The van der Waals surface area contributed by atoms with Crippen molar-refractivity contribution in [2.45, 2.75) is 113 Å². The van der Waals surface area contributed by atoms with Crippen LogP contribution in [0.4, 0.5) is 0 Å². The predicted octanol–water partition coefficient (Wildman–Crippen LogP) is -3.72. The Hall–Kier alpha value is -3.86. The van der Waals surface area contributed by atoms with Crippen LogP contribution in [0, 0.1) is 0 Å². The number of hydrogen-bond acceptors (Lipinski definition) is 13. The van der Waals surface area contributed by atoms with Gasteiger partial charge in [0.15, 0.2) is 5.96 Å². The van der Waals surface area contributed by atoms with Crippen molar-refractivity contribution in [3.63, 3.8) is 0 Å². The topological polar surface area (TPSA) is 331 Å². The van der Waals surface area contributed by atoms with E-state index < -0.39 is 89.8 Å². The first-order chi connectivity index (χ1) is 25.7. The number of aliphatic hydroxyl groups is 1. The predicted molar refractivity (Wildman–Crippen MR) is 202 cm³/mol. The normalized spacial score (nSPS) is 28.9. The highest BCUT2D eigenvalue weighted by Gasteiger charge is 2.44. The summed E-state index contributed by atoms with van der Waals surface area (Å²) in [6, 6.07) is -8.28. The van der Waals surface area contributed by atoms with Gasteiger partial charge in [-0.3, -0.25) is 33.8 Å². The van der Waals surface area contributed by atoms with Gasteiger partial charge < -0.3 is 64.2 Å². The van der Waals surface area contributed by atoms with Crippen molar-refractivity contribution < 1.29 is 43.8 Å². The lowest BCUT2D eigenvalue weighted by atomic mass is 10.0. The molecule has 3 saturated heterocycles. The minimum atomic E-state index is -1.48. The maximum atomic E-state index is 14.1. The van der Waals surface area contributed by atoms with Crippen LogP contribution in [0.15, 0.2) is 4.99 Å². The van der Waals surface area contributed by atoms with E-state index in [9.17, 15) is 43.8 Å². The fourth-order valence-corrected chi connectivity index (χ4v) is 8.74. The van der Waals surface area contributed by atoms with Crippen LogP contribution < -0.4 is 44.2 Å². The van der Waals surface area contributed by atoms with E-state index in [1.807, 2.05) is 0 Å². The molecular weight excluding hydrogens is 747 g/mol. The minimum Gasteiger partial charge on any atom is -0.480 e. The molecule has 8 atom stereocenters. The van der Waals surface area contributed by atoms with Gasteiger partial charge >= 0.3 is 5.97 Å². The summed E-state index contributed by atoms with van der Waals surface area (Å²) < 4.78 is 0. The van der Waals surface area contributed by atoms with Crippen molar-refractivity contribution in [1.29, 1.82) is 0 Å². The Morgan fingerprint density at radius 3 is 2.06 bits per heavy atom. The summed E-state index contributed by atoms with van der Waals surface area (Å²) >= 11 is 0. The highest BCUT2D eigenvalue weighted by Crippen LogP contribution is 2.27. The number of aliphatic hydroxyl groups excluding tert-OH is 1. The molecule has 0 saturated carbocycles. The van der Waals surface area contributed by atoms with Gasteiger partial charge in [0.2, 0.25) is 35.4 Å². The van der Waals surface area contributed by atoms with Gasteiger partial charge in [-0.25, -0.2) is 4.79 Å². The second-order valence-corrected chi connectivity index (χ2v) is 16.1. The molecule has 304 valence electrons. The number of nitrogens with two attached hydrogens (primary N) is 4. The van der Waals surface area contributed by atoms with Gasteiger partial charge in [-0.1, -0.05) is 21.6 Å². The fraction of sp³-hybridized carbons (Fsp3) is 0.750. The molecule has 0 bridgehead atoms. The second kappa shape index (κ2) is 21.9. The average Bonchev–Trinajstić information content (AvgIpc) is 3.82. The van der Waals surface area contributed by atoms with Crippen LogP contribution in [-0.4, -0.2) is 153 Å². The summed E-state index contributed by atoms with van der Waals surface area (Å²) in [6.07, 6.45) is 1.67. The van der Waals surface area contributed by atoms with Crippen molar-refractivity contribution in [2.75, 3.05) is 37.7 Å². The SMILES string of the molecule is CC(O)C1NC(=O)C(N)CSSCC(C(=O)O)NC(=O)C(CCCN=C(N)N)NC(=O)C2CCCN2C(=O)C2CCCN2C(=O)C(CCCCN)NC1=O. The van der Waals surface area contributed by atoms with Crippen LogP contribution in [0.5, 0.6) is 0 Å². The Balaban J connectivity index is 1.97. The molecule has 6 amide bonds. The number of nitrogens with one attached hydrogen (secondary N) is 4. The number of aliphatic imine (C=N–C) groups is 1. The fourth-order valence-electron chi connectivity index (χ4n) is 6.46. The monoisotopic (exact) mass is 801 g/mol. The number of carbonyl (C=O) groups excluding carboxylic acids is 6. The molecule has 3 aliphatic heterocycles. The molecule has 8 unspecified atom stereocenters. The third-order valence-electron chi connectivity index (χ3n) is 9.38.